The van der Waals surface area contributed by atoms with E-state index >= 15 is 0 Å². The Morgan fingerprint density at radius 1 is 1.24 bits per heavy atom. The van der Waals surface area contributed by atoms with Crippen molar-refractivity contribution in [2.45, 2.75) is 11.8 Å². The number of nitro benzene ring substituents is 1. The van der Waals surface area contributed by atoms with Crippen LogP contribution in [0.5, 0.6) is 0 Å². The predicted octanol–water partition coefficient (Wildman–Crippen LogP) is 2.98. The molecule has 0 bridgehead atoms. The van der Waals surface area contributed by atoms with Crippen molar-refractivity contribution in [3.63, 3.8) is 0 Å². The predicted molar refractivity (Wildman–Crippen MR) is 90.6 cm³/mol. The SMILES string of the molecule is CCS(=O)(=O)c1cc([N+](=O)[O-])ccc1N(CCBr)CCBr. The number of nitrogens with zero attached hydrogens (tertiary/aromatic N) is 2. The fourth-order valence-electron chi connectivity index (χ4n) is 1.84. The van der Waals surface area contributed by atoms with Crippen molar-refractivity contribution in [2.24, 2.45) is 0 Å². The number of benzene rings is 1. The molecule has 0 aliphatic rings. The van der Waals surface area contributed by atoms with Gasteiger partial charge in [0, 0.05) is 35.9 Å². The van der Waals surface area contributed by atoms with Gasteiger partial charge in [-0.25, -0.2) is 8.42 Å². The van der Waals surface area contributed by atoms with E-state index in [4.69, 9.17) is 0 Å². The second kappa shape index (κ2) is 8.09. The van der Waals surface area contributed by atoms with Crippen molar-refractivity contribution < 1.29 is 13.3 Å². The number of hydrogen-bond acceptors (Lipinski definition) is 5. The van der Waals surface area contributed by atoms with Gasteiger partial charge in [-0.2, -0.15) is 0 Å². The monoisotopic (exact) mass is 442 g/mol. The maximum Gasteiger partial charge on any atom is 0.270 e. The second-order valence-corrected chi connectivity index (χ2v) is 8.01. The van der Waals surface area contributed by atoms with Gasteiger partial charge in [0.05, 0.1) is 21.3 Å². The van der Waals surface area contributed by atoms with Crippen LogP contribution in [0.2, 0.25) is 0 Å². The largest absolute Gasteiger partial charge is 0.369 e. The standard InChI is InChI=1S/C12H16Br2N2O4S/c1-2-21(19,20)12-9-10(16(17)18)3-4-11(12)15(7-5-13)8-6-14/h3-4,9H,2,5-8H2,1H3. The maximum absolute atomic E-state index is 12.2. The third kappa shape index (κ3) is 4.65. The van der Waals surface area contributed by atoms with Gasteiger partial charge in [-0.15, -0.1) is 0 Å². The first-order chi connectivity index (χ1) is 9.87. The summed E-state index contributed by atoms with van der Waals surface area (Å²) < 4.78 is 24.5. The lowest BCUT2D eigenvalue weighted by atomic mass is 10.2. The molecule has 0 aliphatic carbocycles. The number of nitro groups is 1. The van der Waals surface area contributed by atoms with Crippen molar-refractivity contribution in [2.75, 3.05) is 34.4 Å². The van der Waals surface area contributed by atoms with E-state index in [0.717, 1.165) is 6.07 Å². The summed E-state index contributed by atoms with van der Waals surface area (Å²) in [6.45, 7) is 2.74. The molecule has 1 aromatic rings. The van der Waals surface area contributed by atoms with Crippen molar-refractivity contribution in [1.29, 1.82) is 0 Å². The van der Waals surface area contributed by atoms with Crippen LogP contribution in [0.1, 0.15) is 6.92 Å². The Bertz CT molecular complexity index is 601. The quantitative estimate of drug-likeness (QED) is 0.350. The van der Waals surface area contributed by atoms with Crippen LogP contribution in [0.25, 0.3) is 0 Å². The maximum atomic E-state index is 12.2. The van der Waals surface area contributed by atoms with Gasteiger partial charge in [0.2, 0.25) is 0 Å². The van der Waals surface area contributed by atoms with Gasteiger partial charge in [-0.1, -0.05) is 38.8 Å². The van der Waals surface area contributed by atoms with Gasteiger partial charge >= 0.3 is 0 Å². The molecular weight excluding hydrogens is 428 g/mol. The summed E-state index contributed by atoms with van der Waals surface area (Å²) in [6, 6.07) is 3.98. The summed E-state index contributed by atoms with van der Waals surface area (Å²) in [7, 11) is -3.54. The minimum Gasteiger partial charge on any atom is -0.369 e. The number of halogens is 2. The molecule has 0 N–H and O–H groups in total. The molecule has 0 radical (unpaired) electrons. The summed E-state index contributed by atoms with van der Waals surface area (Å²) in [6.07, 6.45) is 0. The molecule has 0 heterocycles. The normalized spacial score (nSPS) is 11.4. The molecule has 0 aliphatic heterocycles. The number of rotatable bonds is 8. The van der Waals surface area contributed by atoms with E-state index in [1.807, 2.05) is 4.90 Å². The van der Waals surface area contributed by atoms with E-state index in [9.17, 15) is 18.5 Å². The number of hydrogen-bond donors (Lipinski definition) is 0. The lowest BCUT2D eigenvalue weighted by Gasteiger charge is -2.25. The van der Waals surface area contributed by atoms with Crippen LogP contribution < -0.4 is 4.90 Å². The van der Waals surface area contributed by atoms with Crippen LogP contribution in [0.3, 0.4) is 0 Å². The van der Waals surface area contributed by atoms with E-state index in [1.165, 1.54) is 19.1 Å². The molecule has 0 amide bonds. The zero-order valence-corrected chi connectivity index (χ0v) is 15.4. The zero-order valence-electron chi connectivity index (χ0n) is 11.5. The van der Waals surface area contributed by atoms with Crippen LogP contribution in [-0.2, 0) is 9.84 Å². The highest BCUT2D eigenvalue weighted by Crippen LogP contribution is 2.30. The van der Waals surface area contributed by atoms with E-state index in [2.05, 4.69) is 31.9 Å². The van der Waals surface area contributed by atoms with Gasteiger partial charge < -0.3 is 4.90 Å². The summed E-state index contributed by atoms with van der Waals surface area (Å²) in [4.78, 5) is 12.2. The van der Waals surface area contributed by atoms with Crippen LogP contribution in [0.15, 0.2) is 23.1 Å². The van der Waals surface area contributed by atoms with Crippen molar-refractivity contribution >= 4 is 53.1 Å². The average Bonchev–Trinajstić information content (AvgIpc) is 2.46. The smallest absolute Gasteiger partial charge is 0.270 e. The van der Waals surface area contributed by atoms with Gasteiger partial charge in [0.15, 0.2) is 9.84 Å². The molecule has 9 heteroatoms. The van der Waals surface area contributed by atoms with Crippen molar-refractivity contribution in [1.82, 2.24) is 0 Å². The Balaban J connectivity index is 3.46. The highest BCUT2D eigenvalue weighted by molar-refractivity contribution is 9.09. The molecule has 6 nitrogen and oxygen atoms in total. The number of anilines is 1. The molecule has 0 saturated carbocycles. The van der Waals surface area contributed by atoms with Crippen LogP contribution in [0.4, 0.5) is 11.4 Å². The molecule has 118 valence electrons. The zero-order chi connectivity index (χ0) is 16.0. The number of non-ortho nitro benzene ring substituents is 1. The van der Waals surface area contributed by atoms with Gasteiger partial charge in [0.1, 0.15) is 0 Å². The van der Waals surface area contributed by atoms with E-state index < -0.39 is 14.8 Å². The molecular formula is C12H16Br2N2O4S. The lowest BCUT2D eigenvalue weighted by Crippen LogP contribution is -2.29. The minimum atomic E-state index is -3.54. The Kier molecular flexibility index (Phi) is 7.08. The number of alkyl halides is 2. The molecule has 0 spiro atoms. The highest BCUT2D eigenvalue weighted by Gasteiger charge is 2.23. The lowest BCUT2D eigenvalue weighted by molar-refractivity contribution is -0.385. The summed E-state index contributed by atoms with van der Waals surface area (Å²) in [5.74, 6) is -0.0996. The Labute approximate surface area is 140 Å². The Morgan fingerprint density at radius 2 is 1.81 bits per heavy atom. The van der Waals surface area contributed by atoms with Crippen LogP contribution >= 0.6 is 31.9 Å². The Morgan fingerprint density at radius 3 is 2.24 bits per heavy atom. The van der Waals surface area contributed by atoms with E-state index in [1.54, 1.807) is 0 Å². The highest BCUT2D eigenvalue weighted by atomic mass is 79.9. The number of sulfone groups is 1. The second-order valence-electron chi connectivity index (χ2n) is 4.18. The summed E-state index contributed by atoms with van der Waals surface area (Å²) in [5, 5.41) is 12.2. The first-order valence-corrected chi connectivity index (χ1v) is 10.1. The molecule has 21 heavy (non-hydrogen) atoms. The van der Waals surface area contributed by atoms with Crippen LogP contribution in [0, 0.1) is 10.1 Å². The van der Waals surface area contributed by atoms with Gasteiger partial charge in [0.25, 0.3) is 5.69 Å². The first kappa shape index (κ1) is 18.4. The molecule has 0 fully saturated rings. The minimum absolute atomic E-state index is 0.0149. The van der Waals surface area contributed by atoms with Crippen LogP contribution in [-0.4, -0.2) is 42.8 Å². The first-order valence-electron chi connectivity index (χ1n) is 6.25. The molecule has 0 saturated heterocycles. The average molecular weight is 444 g/mol. The topological polar surface area (TPSA) is 80.5 Å². The molecule has 0 unspecified atom stereocenters. The van der Waals surface area contributed by atoms with Gasteiger partial charge in [-0.3, -0.25) is 10.1 Å². The van der Waals surface area contributed by atoms with Gasteiger partial charge in [-0.05, 0) is 6.07 Å². The van der Waals surface area contributed by atoms with Crippen molar-refractivity contribution in [3.05, 3.63) is 28.3 Å². The fourth-order valence-corrected chi connectivity index (χ4v) is 3.82. The molecule has 1 aromatic carbocycles. The van der Waals surface area contributed by atoms with E-state index in [-0.39, 0.29) is 16.3 Å². The third-order valence-electron chi connectivity index (χ3n) is 2.92. The Hall–Kier alpha value is -0.670. The van der Waals surface area contributed by atoms with E-state index in [0.29, 0.717) is 29.4 Å². The summed E-state index contributed by atoms with van der Waals surface area (Å²) >= 11 is 6.66. The van der Waals surface area contributed by atoms with Crippen molar-refractivity contribution in [3.8, 4) is 0 Å². The molecule has 1 rings (SSSR count). The summed E-state index contributed by atoms with van der Waals surface area (Å²) in [5.41, 5.74) is 0.282. The third-order valence-corrected chi connectivity index (χ3v) is 5.39. The molecule has 0 aromatic heterocycles. The fraction of sp³-hybridized carbons (Fsp3) is 0.500. The molecule has 0 atom stereocenters.